The maximum Gasteiger partial charge on any atom is 0.00162 e. The van der Waals surface area contributed by atoms with E-state index in [0.717, 1.165) is 12.3 Å². The van der Waals surface area contributed by atoms with Crippen LogP contribution in [0.3, 0.4) is 0 Å². The molecule has 0 saturated heterocycles. The van der Waals surface area contributed by atoms with Crippen LogP contribution in [0.1, 0.15) is 62.5 Å². The summed E-state index contributed by atoms with van der Waals surface area (Å²) in [5.41, 5.74) is 9.02. The van der Waals surface area contributed by atoms with Gasteiger partial charge in [0.2, 0.25) is 0 Å². The van der Waals surface area contributed by atoms with Gasteiger partial charge in [0.1, 0.15) is 0 Å². The topological polar surface area (TPSA) is 26.0 Å². The molecule has 0 amide bonds. The monoisotopic (exact) mass is 217 g/mol. The molecular weight excluding hydrogens is 194 g/mol. The Morgan fingerprint density at radius 3 is 2.50 bits per heavy atom. The van der Waals surface area contributed by atoms with Crippen LogP contribution in [0.25, 0.3) is 0 Å². The molecule has 2 rings (SSSR count). The van der Waals surface area contributed by atoms with E-state index in [-0.39, 0.29) is 0 Å². The fourth-order valence-corrected chi connectivity index (χ4v) is 2.74. The van der Waals surface area contributed by atoms with Crippen molar-refractivity contribution in [3.8, 4) is 0 Å². The largest absolute Gasteiger partial charge is 0.328 e. The van der Waals surface area contributed by atoms with Gasteiger partial charge in [-0.25, -0.2) is 0 Å². The third-order valence-corrected chi connectivity index (χ3v) is 3.80. The lowest BCUT2D eigenvalue weighted by molar-refractivity contribution is 0.414. The number of rotatable bonds is 4. The van der Waals surface area contributed by atoms with Crippen molar-refractivity contribution in [2.24, 2.45) is 5.73 Å². The fourth-order valence-electron chi connectivity index (χ4n) is 2.74. The van der Waals surface area contributed by atoms with E-state index in [4.69, 9.17) is 5.73 Å². The minimum atomic E-state index is 0.296. The van der Waals surface area contributed by atoms with E-state index in [2.05, 4.69) is 38.1 Å². The van der Waals surface area contributed by atoms with Crippen LogP contribution in [0.4, 0.5) is 0 Å². The van der Waals surface area contributed by atoms with Gasteiger partial charge in [-0.05, 0) is 49.1 Å². The standard InChI is InChI=1S/C15H23N/c1-11(10-12(2)16)14-8-3-4-9-15(14)13-6-5-7-13/h3-4,8-9,11-13H,5-7,10,16H2,1-2H3. The highest BCUT2D eigenvalue weighted by Crippen LogP contribution is 2.40. The van der Waals surface area contributed by atoms with Crippen LogP contribution in [0.5, 0.6) is 0 Å². The van der Waals surface area contributed by atoms with Crippen molar-refractivity contribution in [1.29, 1.82) is 0 Å². The van der Waals surface area contributed by atoms with Crippen molar-refractivity contribution in [2.45, 2.75) is 57.4 Å². The third-order valence-electron chi connectivity index (χ3n) is 3.80. The van der Waals surface area contributed by atoms with Crippen LogP contribution in [0, 0.1) is 0 Å². The zero-order chi connectivity index (χ0) is 11.5. The molecule has 16 heavy (non-hydrogen) atoms. The lowest BCUT2D eigenvalue weighted by Crippen LogP contribution is -2.19. The molecule has 0 spiro atoms. The first kappa shape index (κ1) is 11.7. The molecule has 1 fully saturated rings. The second-order valence-electron chi connectivity index (χ2n) is 5.37. The van der Waals surface area contributed by atoms with Crippen molar-refractivity contribution in [3.05, 3.63) is 35.4 Å². The summed E-state index contributed by atoms with van der Waals surface area (Å²) in [4.78, 5) is 0. The smallest absolute Gasteiger partial charge is 0.00162 e. The lowest BCUT2D eigenvalue weighted by atomic mass is 9.76. The van der Waals surface area contributed by atoms with Gasteiger partial charge in [0.05, 0.1) is 0 Å². The van der Waals surface area contributed by atoms with Gasteiger partial charge >= 0.3 is 0 Å². The Hall–Kier alpha value is -0.820. The van der Waals surface area contributed by atoms with Gasteiger partial charge in [0, 0.05) is 6.04 Å². The summed E-state index contributed by atoms with van der Waals surface area (Å²) in [6, 6.07) is 9.24. The molecule has 0 heterocycles. The number of nitrogens with two attached hydrogens (primary N) is 1. The third kappa shape index (κ3) is 2.46. The summed E-state index contributed by atoms with van der Waals surface area (Å²) in [7, 11) is 0. The van der Waals surface area contributed by atoms with E-state index in [1.165, 1.54) is 24.8 Å². The van der Waals surface area contributed by atoms with Gasteiger partial charge in [0.25, 0.3) is 0 Å². The molecule has 0 aromatic heterocycles. The van der Waals surface area contributed by atoms with Crippen LogP contribution in [0.15, 0.2) is 24.3 Å². The van der Waals surface area contributed by atoms with E-state index in [0.29, 0.717) is 12.0 Å². The van der Waals surface area contributed by atoms with Gasteiger partial charge in [-0.2, -0.15) is 0 Å². The number of hydrogen-bond acceptors (Lipinski definition) is 1. The fraction of sp³-hybridized carbons (Fsp3) is 0.600. The SMILES string of the molecule is CC(N)CC(C)c1ccccc1C1CCC1. The first-order valence-corrected chi connectivity index (χ1v) is 6.53. The molecular formula is C15H23N. The minimum Gasteiger partial charge on any atom is -0.328 e. The Labute approximate surface area is 99.0 Å². The second kappa shape index (κ2) is 5.01. The molecule has 1 heteroatoms. The summed E-state index contributed by atoms with van der Waals surface area (Å²) in [6.45, 7) is 4.41. The predicted octanol–water partition coefficient (Wildman–Crippen LogP) is 3.79. The lowest BCUT2D eigenvalue weighted by Gasteiger charge is -2.30. The molecule has 0 radical (unpaired) electrons. The summed E-state index contributed by atoms with van der Waals surface area (Å²) in [5, 5.41) is 0. The first-order chi connectivity index (χ1) is 7.68. The zero-order valence-corrected chi connectivity index (χ0v) is 10.4. The summed E-state index contributed by atoms with van der Waals surface area (Å²) in [5.74, 6) is 1.42. The van der Waals surface area contributed by atoms with Gasteiger partial charge < -0.3 is 5.73 Å². The molecule has 2 atom stereocenters. The Morgan fingerprint density at radius 2 is 1.94 bits per heavy atom. The normalized spacial score (nSPS) is 20.2. The van der Waals surface area contributed by atoms with Crippen molar-refractivity contribution in [3.63, 3.8) is 0 Å². The molecule has 1 aromatic carbocycles. The van der Waals surface area contributed by atoms with E-state index >= 15 is 0 Å². The highest BCUT2D eigenvalue weighted by molar-refractivity contribution is 5.34. The van der Waals surface area contributed by atoms with Crippen LogP contribution in [0.2, 0.25) is 0 Å². The van der Waals surface area contributed by atoms with Gasteiger partial charge in [0.15, 0.2) is 0 Å². The van der Waals surface area contributed by atoms with Gasteiger partial charge in [-0.15, -0.1) is 0 Å². The Bertz CT molecular complexity index is 339. The Morgan fingerprint density at radius 1 is 1.25 bits per heavy atom. The summed E-state index contributed by atoms with van der Waals surface area (Å²) in [6.07, 6.45) is 5.24. The average Bonchev–Trinajstić information content (AvgIpc) is 2.14. The van der Waals surface area contributed by atoms with E-state index in [9.17, 15) is 0 Å². The maximum atomic E-state index is 5.90. The van der Waals surface area contributed by atoms with Crippen LogP contribution < -0.4 is 5.73 Å². The van der Waals surface area contributed by atoms with Gasteiger partial charge in [-0.3, -0.25) is 0 Å². The van der Waals surface area contributed by atoms with Crippen LogP contribution in [-0.4, -0.2) is 6.04 Å². The molecule has 1 saturated carbocycles. The number of hydrogen-bond donors (Lipinski definition) is 1. The quantitative estimate of drug-likeness (QED) is 0.815. The Kier molecular flexibility index (Phi) is 3.65. The highest BCUT2D eigenvalue weighted by atomic mass is 14.6. The molecule has 88 valence electrons. The highest BCUT2D eigenvalue weighted by Gasteiger charge is 2.23. The van der Waals surface area contributed by atoms with Crippen molar-refractivity contribution in [1.82, 2.24) is 0 Å². The molecule has 1 aromatic rings. The molecule has 0 bridgehead atoms. The maximum absolute atomic E-state index is 5.90. The summed E-state index contributed by atoms with van der Waals surface area (Å²) >= 11 is 0. The molecule has 2 N–H and O–H groups in total. The van der Waals surface area contributed by atoms with Crippen molar-refractivity contribution < 1.29 is 0 Å². The average molecular weight is 217 g/mol. The van der Waals surface area contributed by atoms with E-state index in [1.807, 2.05) is 0 Å². The molecule has 2 unspecified atom stereocenters. The molecule has 1 aliphatic rings. The van der Waals surface area contributed by atoms with Crippen molar-refractivity contribution in [2.75, 3.05) is 0 Å². The van der Waals surface area contributed by atoms with Crippen LogP contribution in [-0.2, 0) is 0 Å². The predicted molar refractivity (Wildman–Crippen MR) is 69.7 cm³/mol. The summed E-state index contributed by atoms with van der Waals surface area (Å²) < 4.78 is 0. The second-order valence-corrected chi connectivity index (χ2v) is 5.37. The van der Waals surface area contributed by atoms with Gasteiger partial charge in [-0.1, -0.05) is 37.6 Å². The van der Waals surface area contributed by atoms with E-state index in [1.54, 1.807) is 5.56 Å². The number of benzene rings is 1. The van der Waals surface area contributed by atoms with Crippen LogP contribution >= 0.6 is 0 Å². The zero-order valence-electron chi connectivity index (χ0n) is 10.4. The molecule has 0 aliphatic heterocycles. The first-order valence-electron chi connectivity index (χ1n) is 6.53. The molecule has 1 aliphatic carbocycles. The van der Waals surface area contributed by atoms with Crippen molar-refractivity contribution >= 4 is 0 Å². The van der Waals surface area contributed by atoms with E-state index < -0.39 is 0 Å². The molecule has 1 nitrogen and oxygen atoms in total. The Balaban J connectivity index is 2.18. The minimum absolute atomic E-state index is 0.296.